The Balaban J connectivity index is 1.75. The molecule has 2 atom stereocenters. The van der Waals surface area contributed by atoms with Gasteiger partial charge in [0.25, 0.3) is 5.91 Å². The molecule has 0 spiro atoms. The lowest BCUT2D eigenvalue weighted by molar-refractivity contribution is -0.129. The summed E-state index contributed by atoms with van der Waals surface area (Å²) >= 11 is 0. The van der Waals surface area contributed by atoms with Gasteiger partial charge in [-0.15, -0.1) is 0 Å². The van der Waals surface area contributed by atoms with E-state index in [4.69, 9.17) is 14.2 Å². The second-order valence-electron chi connectivity index (χ2n) is 8.77. The van der Waals surface area contributed by atoms with Crippen molar-refractivity contribution in [2.45, 2.75) is 51.4 Å². The molecule has 1 aliphatic rings. The molecule has 1 N–H and O–H groups in total. The van der Waals surface area contributed by atoms with Gasteiger partial charge < -0.3 is 19.5 Å². The molecule has 0 fully saturated rings. The number of ether oxygens (including phenoxy) is 3. The first-order valence-electron chi connectivity index (χ1n) is 10.8. The number of carbonyl (C=O) groups excluding carboxylic acids is 1. The zero-order valence-corrected chi connectivity index (χ0v) is 20.7. The van der Waals surface area contributed by atoms with Crippen molar-refractivity contribution < 1.29 is 27.4 Å². The van der Waals surface area contributed by atoms with Crippen LogP contribution in [-0.2, 0) is 14.8 Å². The van der Waals surface area contributed by atoms with Crippen LogP contribution in [0, 0.1) is 0 Å². The Morgan fingerprint density at radius 1 is 1.21 bits per heavy atom. The van der Waals surface area contributed by atoms with Crippen LogP contribution in [0.25, 0.3) is 0 Å². The normalized spacial score (nSPS) is 17.8. The minimum atomic E-state index is -3.36. The van der Waals surface area contributed by atoms with Gasteiger partial charge in [-0.1, -0.05) is 6.92 Å². The summed E-state index contributed by atoms with van der Waals surface area (Å²) in [7, 11) is -0.274. The first-order valence-corrected chi connectivity index (χ1v) is 12.7. The van der Waals surface area contributed by atoms with E-state index in [1.165, 1.54) is 11.4 Å². The topological polar surface area (TPSA) is 94.2 Å². The molecule has 180 valence electrons. The zero-order valence-electron chi connectivity index (χ0n) is 19.9. The van der Waals surface area contributed by atoms with E-state index in [1.54, 1.807) is 31.4 Å². The Kier molecular flexibility index (Phi) is 7.11. The van der Waals surface area contributed by atoms with Crippen molar-refractivity contribution in [2.75, 3.05) is 24.7 Å². The average Bonchev–Trinajstić information content (AvgIpc) is 2.75. The molecule has 3 rings (SSSR count). The third-order valence-electron chi connectivity index (χ3n) is 5.63. The SMILES string of the molecule is CCC(Oc1ccc(N(C)S(C)(=O)=O)cc1)C(=O)NC1CC(C)(C)Oc2ccc(OC)cc21. The van der Waals surface area contributed by atoms with Crippen LogP contribution in [0.1, 0.15) is 45.2 Å². The van der Waals surface area contributed by atoms with Crippen LogP contribution in [0.4, 0.5) is 5.69 Å². The van der Waals surface area contributed by atoms with Crippen molar-refractivity contribution in [3.63, 3.8) is 0 Å². The summed E-state index contributed by atoms with van der Waals surface area (Å²) in [6, 6.07) is 11.9. The Labute approximate surface area is 195 Å². The van der Waals surface area contributed by atoms with Crippen LogP contribution in [0.5, 0.6) is 17.2 Å². The van der Waals surface area contributed by atoms with Gasteiger partial charge in [-0.25, -0.2) is 8.42 Å². The van der Waals surface area contributed by atoms with Gasteiger partial charge in [0.1, 0.15) is 22.8 Å². The average molecular weight is 477 g/mol. The van der Waals surface area contributed by atoms with E-state index >= 15 is 0 Å². The highest BCUT2D eigenvalue weighted by Gasteiger charge is 2.36. The smallest absolute Gasteiger partial charge is 0.261 e. The van der Waals surface area contributed by atoms with Crippen LogP contribution in [0.15, 0.2) is 42.5 Å². The summed E-state index contributed by atoms with van der Waals surface area (Å²) < 4.78 is 42.0. The maximum Gasteiger partial charge on any atom is 0.261 e. The number of hydrogen-bond donors (Lipinski definition) is 1. The van der Waals surface area contributed by atoms with E-state index in [0.717, 1.165) is 17.6 Å². The number of amides is 1. The van der Waals surface area contributed by atoms with Gasteiger partial charge in [0.15, 0.2) is 6.10 Å². The van der Waals surface area contributed by atoms with E-state index in [0.29, 0.717) is 30.0 Å². The molecule has 0 saturated carbocycles. The van der Waals surface area contributed by atoms with E-state index in [9.17, 15) is 13.2 Å². The Morgan fingerprint density at radius 2 is 1.85 bits per heavy atom. The number of rotatable bonds is 8. The highest BCUT2D eigenvalue weighted by molar-refractivity contribution is 7.92. The molecule has 33 heavy (non-hydrogen) atoms. The Morgan fingerprint density at radius 3 is 2.42 bits per heavy atom. The van der Waals surface area contributed by atoms with Crippen molar-refractivity contribution in [3.8, 4) is 17.2 Å². The summed E-state index contributed by atoms with van der Waals surface area (Å²) in [5.74, 6) is 1.67. The molecule has 1 aliphatic heterocycles. The van der Waals surface area contributed by atoms with Gasteiger partial charge in [0.05, 0.1) is 25.1 Å². The van der Waals surface area contributed by atoms with Crippen molar-refractivity contribution in [1.82, 2.24) is 5.32 Å². The number of carbonyl (C=O) groups is 1. The van der Waals surface area contributed by atoms with E-state index in [-0.39, 0.29) is 11.9 Å². The van der Waals surface area contributed by atoms with Gasteiger partial charge >= 0.3 is 0 Å². The fourth-order valence-electron chi connectivity index (χ4n) is 3.77. The highest BCUT2D eigenvalue weighted by atomic mass is 32.2. The molecule has 0 aromatic heterocycles. The molecule has 8 nitrogen and oxygen atoms in total. The molecule has 1 heterocycles. The predicted molar refractivity (Wildman–Crippen MR) is 128 cm³/mol. The number of sulfonamides is 1. The van der Waals surface area contributed by atoms with Crippen LogP contribution in [0.3, 0.4) is 0 Å². The number of nitrogens with one attached hydrogen (secondary N) is 1. The van der Waals surface area contributed by atoms with E-state index in [1.807, 2.05) is 39.0 Å². The zero-order chi connectivity index (χ0) is 24.4. The lowest BCUT2D eigenvalue weighted by Crippen LogP contribution is -2.45. The number of nitrogens with zero attached hydrogens (tertiary/aromatic N) is 1. The van der Waals surface area contributed by atoms with Crippen LogP contribution in [-0.4, -0.2) is 46.4 Å². The van der Waals surface area contributed by atoms with Gasteiger partial charge in [-0.3, -0.25) is 9.10 Å². The quantitative estimate of drug-likeness (QED) is 0.625. The number of anilines is 1. The summed E-state index contributed by atoms with van der Waals surface area (Å²) in [5.41, 5.74) is 0.936. The van der Waals surface area contributed by atoms with Crippen LogP contribution in [0.2, 0.25) is 0 Å². The second-order valence-corrected chi connectivity index (χ2v) is 10.8. The van der Waals surface area contributed by atoms with Crippen LogP contribution < -0.4 is 23.8 Å². The maximum absolute atomic E-state index is 13.1. The molecular formula is C24H32N2O6S. The monoisotopic (exact) mass is 476 g/mol. The number of methoxy groups -OCH3 is 1. The van der Waals surface area contributed by atoms with Gasteiger partial charge in [0.2, 0.25) is 10.0 Å². The van der Waals surface area contributed by atoms with Gasteiger partial charge in [-0.05, 0) is 62.7 Å². The van der Waals surface area contributed by atoms with Crippen molar-refractivity contribution in [3.05, 3.63) is 48.0 Å². The van der Waals surface area contributed by atoms with E-state index in [2.05, 4.69) is 5.32 Å². The number of fused-ring (bicyclic) bond motifs is 1. The highest BCUT2D eigenvalue weighted by Crippen LogP contribution is 2.41. The molecule has 2 aromatic rings. The molecule has 0 saturated heterocycles. The lowest BCUT2D eigenvalue weighted by Gasteiger charge is -2.38. The molecule has 0 bridgehead atoms. The van der Waals surface area contributed by atoms with Crippen molar-refractivity contribution in [2.24, 2.45) is 0 Å². The first-order chi connectivity index (χ1) is 15.4. The number of benzene rings is 2. The molecule has 9 heteroatoms. The summed E-state index contributed by atoms with van der Waals surface area (Å²) in [6.45, 7) is 5.85. The first kappa shape index (κ1) is 24.7. The third-order valence-corrected chi connectivity index (χ3v) is 6.84. The molecular weight excluding hydrogens is 444 g/mol. The van der Waals surface area contributed by atoms with Crippen molar-refractivity contribution >= 4 is 21.6 Å². The lowest BCUT2D eigenvalue weighted by atomic mass is 9.89. The standard InChI is InChI=1S/C24H32N2O6S/c1-7-21(31-17-10-8-16(9-11-17)26(4)33(6,28)29)23(27)25-20-15-24(2,3)32-22-13-12-18(30-5)14-19(20)22/h8-14,20-21H,7,15H2,1-6H3,(H,25,27). The Bertz CT molecular complexity index is 1100. The summed E-state index contributed by atoms with van der Waals surface area (Å²) in [5, 5.41) is 3.12. The maximum atomic E-state index is 13.1. The van der Waals surface area contributed by atoms with Crippen molar-refractivity contribution in [1.29, 1.82) is 0 Å². The molecule has 1 amide bonds. The minimum Gasteiger partial charge on any atom is -0.497 e. The summed E-state index contributed by atoms with van der Waals surface area (Å²) in [4.78, 5) is 13.1. The minimum absolute atomic E-state index is 0.230. The fraction of sp³-hybridized carbons (Fsp3) is 0.458. The molecule has 0 radical (unpaired) electrons. The third kappa shape index (κ3) is 5.90. The molecule has 0 aliphatic carbocycles. The second kappa shape index (κ2) is 9.51. The number of hydrogen-bond acceptors (Lipinski definition) is 6. The van der Waals surface area contributed by atoms with E-state index < -0.39 is 21.7 Å². The van der Waals surface area contributed by atoms with Gasteiger partial charge in [-0.2, -0.15) is 0 Å². The fourth-order valence-corrected chi connectivity index (χ4v) is 4.27. The largest absolute Gasteiger partial charge is 0.497 e. The predicted octanol–water partition coefficient (Wildman–Crippen LogP) is 3.67. The van der Waals surface area contributed by atoms with Gasteiger partial charge in [0, 0.05) is 19.0 Å². The molecule has 2 unspecified atom stereocenters. The Hall–Kier alpha value is -2.94. The van der Waals surface area contributed by atoms with Crippen LogP contribution >= 0.6 is 0 Å². The summed E-state index contributed by atoms with van der Waals surface area (Å²) in [6.07, 6.45) is 1.50. The molecule has 2 aromatic carbocycles.